The molecule has 0 spiro atoms. The second kappa shape index (κ2) is 12.4. The Morgan fingerprint density at radius 2 is 2.04 bits per heavy atom. The molecule has 0 aliphatic rings. The highest BCUT2D eigenvalue weighted by atomic mass is 127. The first-order valence-corrected chi connectivity index (χ1v) is 8.85. The third-order valence-corrected chi connectivity index (χ3v) is 3.69. The lowest BCUT2D eigenvalue weighted by atomic mass is 10.3. The van der Waals surface area contributed by atoms with Crippen molar-refractivity contribution >= 4 is 29.9 Å². The maximum Gasteiger partial charge on any atom is 0.191 e. The zero-order valence-corrected chi connectivity index (χ0v) is 18.6. The Morgan fingerprint density at radius 1 is 1.26 bits per heavy atom. The third-order valence-electron chi connectivity index (χ3n) is 3.69. The third kappa shape index (κ3) is 7.61. The monoisotopic (exact) mass is 488 g/mol. The van der Waals surface area contributed by atoms with Crippen molar-refractivity contribution in [2.45, 2.75) is 40.0 Å². The predicted octanol–water partition coefficient (Wildman–Crippen LogP) is 2.45. The highest BCUT2D eigenvalue weighted by molar-refractivity contribution is 14.0. The van der Waals surface area contributed by atoms with Gasteiger partial charge in [0.15, 0.2) is 11.8 Å². The van der Waals surface area contributed by atoms with Crippen LogP contribution < -0.4 is 20.1 Å². The van der Waals surface area contributed by atoms with E-state index in [4.69, 9.17) is 9.47 Å². The minimum atomic E-state index is -0.0368. The van der Waals surface area contributed by atoms with Crippen LogP contribution in [0.5, 0.6) is 11.5 Å². The lowest BCUT2D eigenvalue weighted by Crippen LogP contribution is -2.41. The molecule has 9 heteroatoms. The number of ether oxygens (including phenoxy) is 2. The van der Waals surface area contributed by atoms with Gasteiger partial charge in [0.2, 0.25) is 0 Å². The van der Waals surface area contributed by atoms with Gasteiger partial charge in [-0.15, -0.1) is 34.2 Å². The fraction of sp³-hybridized carbons (Fsp3) is 0.500. The molecule has 8 nitrogen and oxygen atoms in total. The summed E-state index contributed by atoms with van der Waals surface area (Å²) in [4.78, 5) is 4.57. The molecule has 0 bridgehead atoms. The van der Waals surface area contributed by atoms with Gasteiger partial charge in [0.25, 0.3) is 0 Å². The van der Waals surface area contributed by atoms with Gasteiger partial charge >= 0.3 is 0 Å². The molecule has 0 amide bonds. The summed E-state index contributed by atoms with van der Waals surface area (Å²) in [5.41, 5.74) is 0. The molecule has 1 aromatic carbocycles. The maximum atomic E-state index is 5.92. The quantitative estimate of drug-likeness (QED) is 0.321. The Kier molecular flexibility index (Phi) is 10.5. The van der Waals surface area contributed by atoms with Crippen molar-refractivity contribution in [3.05, 3.63) is 36.4 Å². The number of aliphatic imine (C=N–C) groups is 1. The van der Waals surface area contributed by atoms with E-state index in [0.717, 1.165) is 36.4 Å². The average molecular weight is 488 g/mol. The molecule has 0 aliphatic carbocycles. The SMILES string of the molecule is CCNC(=NCc1nncn1CC)NCC(C)Oc1cccc(OC)c1.I. The normalized spacial score (nSPS) is 12.1. The Morgan fingerprint density at radius 3 is 2.74 bits per heavy atom. The molecule has 2 N–H and O–H groups in total. The van der Waals surface area contributed by atoms with E-state index < -0.39 is 0 Å². The van der Waals surface area contributed by atoms with Crippen molar-refractivity contribution in [1.29, 1.82) is 0 Å². The van der Waals surface area contributed by atoms with Crippen LogP contribution in [0.25, 0.3) is 0 Å². The fourth-order valence-electron chi connectivity index (χ4n) is 2.35. The van der Waals surface area contributed by atoms with Gasteiger partial charge in [-0.2, -0.15) is 0 Å². The number of hydrogen-bond acceptors (Lipinski definition) is 5. The molecule has 0 radical (unpaired) electrons. The van der Waals surface area contributed by atoms with Gasteiger partial charge in [0.1, 0.15) is 30.5 Å². The van der Waals surface area contributed by atoms with Crippen molar-refractivity contribution in [3.8, 4) is 11.5 Å². The summed E-state index contributed by atoms with van der Waals surface area (Å²) >= 11 is 0. The van der Waals surface area contributed by atoms with Crippen molar-refractivity contribution in [3.63, 3.8) is 0 Å². The predicted molar refractivity (Wildman–Crippen MR) is 117 cm³/mol. The zero-order chi connectivity index (χ0) is 18.8. The number of guanidine groups is 1. The van der Waals surface area contributed by atoms with Gasteiger partial charge in [-0.05, 0) is 32.9 Å². The molecular weight excluding hydrogens is 459 g/mol. The number of rotatable bonds is 9. The maximum absolute atomic E-state index is 5.92. The zero-order valence-electron chi connectivity index (χ0n) is 16.3. The minimum Gasteiger partial charge on any atom is -0.497 e. The van der Waals surface area contributed by atoms with Gasteiger partial charge < -0.3 is 24.7 Å². The van der Waals surface area contributed by atoms with E-state index in [0.29, 0.717) is 13.1 Å². The van der Waals surface area contributed by atoms with E-state index in [-0.39, 0.29) is 30.1 Å². The van der Waals surface area contributed by atoms with Crippen LogP contribution in [-0.2, 0) is 13.1 Å². The fourth-order valence-corrected chi connectivity index (χ4v) is 2.35. The number of methoxy groups -OCH3 is 1. The first-order valence-electron chi connectivity index (χ1n) is 8.85. The van der Waals surface area contributed by atoms with Gasteiger partial charge in [0, 0.05) is 19.2 Å². The second-order valence-corrected chi connectivity index (χ2v) is 5.72. The van der Waals surface area contributed by atoms with Crippen LogP contribution in [-0.4, -0.2) is 47.0 Å². The highest BCUT2D eigenvalue weighted by Gasteiger charge is 2.07. The topological polar surface area (TPSA) is 85.6 Å². The Hall–Kier alpha value is -2.04. The Labute approximate surface area is 177 Å². The Bertz CT molecular complexity index is 707. The van der Waals surface area contributed by atoms with E-state index in [1.165, 1.54) is 0 Å². The molecule has 1 unspecified atom stereocenters. The molecular formula is C18H29IN6O2. The van der Waals surface area contributed by atoms with Crippen LogP contribution in [0.1, 0.15) is 26.6 Å². The molecule has 1 atom stereocenters. The molecule has 0 saturated carbocycles. The largest absolute Gasteiger partial charge is 0.497 e. The molecule has 150 valence electrons. The molecule has 27 heavy (non-hydrogen) atoms. The number of aryl methyl sites for hydroxylation is 1. The number of hydrogen-bond donors (Lipinski definition) is 2. The molecule has 0 fully saturated rings. The van der Waals surface area contributed by atoms with Crippen LogP contribution in [0, 0.1) is 0 Å². The number of halogens is 1. The standard InChI is InChI=1S/C18H28N6O2.HI/c1-5-19-18(21-12-17-23-22-13-24(17)6-2)20-11-14(3)26-16-9-7-8-15(10-16)25-4;/h7-10,13-14H,5-6,11-12H2,1-4H3,(H2,19,20,21);1H. The van der Waals surface area contributed by atoms with Gasteiger partial charge in [-0.3, -0.25) is 0 Å². The lowest BCUT2D eigenvalue weighted by molar-refractivity contribution is 0.223. The number of nitrogens with one attached hydrogen (secondary N) is 2. The van der Waals surface area contributed by atoms with Gasteiger partial charge in [-0.25, -0.2) is 4.99 Å². The molecule has 0 aliphatic heterocycles. The van der Waals surface area contributed by atoms with Crippen LogP contribution in [0.3, 0.4) is 0 Å². The van der Waals surface area contributed by atoms with Crippen molar-refractivity contribution in [1.82, 2.24) is 25.4 Å². The smallest absolute Gasteiger partial charge is 0.191 e. The molecule has 2 rings (SSSR count). The van der Waals surface area contributed by atoms with Crippen molar-refractivity contribution in [2.75, 3.05) is 20.2 Å². The van der Waals surface area contributed by atoms with Crippen LogP contribution in [0.2, 0.25) is 0 Å². The molecule has 0 saturated heterocycles. The summed E-state index contributed by atoms with van der Waals surface area (Å²) < 4.78 is 13.1. The number of aromatic nitrogens is 3. The summed E-state index contributed by atoms with van der Waals surface area (Å²) in [5, 5.41) is 14.5. The summed E-state index contributed by atoms with van der Waals surface area (Å²) in [6.07, 6.45) is 1.68. The molecule has 1 heterocycles. The van der Waals surface area contributed by atoms with Crippen molar-refractivity contribution < 1.29 is 9.47 Å². The number of benzene rings is 1. The molecule has 1 aromatic heterocycles. The second-order valence-electron chi connectivity index (χ2n) is 5.72. The summed E-state index contributed by atoms with van der Waals surface area (Å²) in [7, 11) is 1.64. The van der Waals surface area contributed by atoms with E-state index in [1.54, 1.807) is 13.4 Å². The van der Waals surface area contributed by atoms with E-state index in [2.05, 4.69) is 32.7 Å². The first kappa shape index (κ1) is 23.0. The van der Waals surface area contributed by atoms with E-state index in [1.807, 2.05) is 42.7 Å². The minimum absolute atomic E-state index is 0. The van der Waals surface area contributed by atoms with Gasteiger partial charge in [-0.1, -0.05) is 6.07 Å². The lowest BCUT2D eigenvalue weighted by Gasteiger charge is -2.18. The van der Waals surface area contributed by atoms with Gasteiger partial charge in [0.05, 0.1) is 13.7 Å². The van der Waals surface area contributed by atoms with Crippen LogP contribution in [0.15, 0.2) is 35.6 Å². The average Bonchev–Trinajstić information content (AvgIpc) is 3.11. The van der Waals surface area contributed by atoms with E-state index >= 15 is 0 Å². The van der Waals surface area contributed by atoms with Crippen LogP contribution in [0.4, 0.5) is 0 Å². The summed E-state index contributed by atoms with van der Waals surface area (Å²) in [6.45, 7) is 8.77. The summed E-state index contributed by atoms with van der Waals surface area (Å²) in [5.74, 6) is 3.11. The molecule has 2 aromatic rings. The first-order chi connectivity index (χ1) is 12.7. The number of nitrogens with zero attached hydrogens (tertiary/aromatic N) is 4. The Balaban J connectivity index is 0.00000364. The van der Waals surface area contributed by atoms with Crippen LogP contribution >= 0.6 is 24.0 Å². The highest BCUT2D eigenvalue weighted by Crippen LogP contribution is 2.19. The van der Waals surface area contributed by atoms with E-state index in [9.17, 15) is 0 Å². The summed E-state index contributed by atoms with van der Waals surface area (Å²) in [6, 6.07) is 7.58. The van der Waals surface area contributed by atoms with Crippen molar-refractivity contribution in [2.24, 2.45) is 4.99 Å².